The molecular formula is C25H24N4O3. The molecule has 1 N–H and O–H groups in total. The second kappa shape index (κ2) is 8.51. The van der Waals surface area contributed by atoms with Crippen molar-refractivity contribution in [2.45, 2.75) is 24.4 Å². The lowest BCUT2D eigenvalue weighted by Crippen LogP contribution is -2.39. The van der Waals surface area contributed by atoms with E-state index in [9.17, 15) is 9.59 Å². The maximum atomic E-state index is 13.2. The summed E-state index contributed by atoms with van der Waals surface area (Å²) >= 11 is 0. The van der Waals surface area contributed by atoms with Crippen molar-refractivity contribution in [1.82, 2.24) is 15.3 Å². The molecule has 0 saturated carbocycles. The summed E-state index contributed by atoms with van der Waals surface area (Å²) in [6.07, 6.45) is 5.64. The molecule has 2 aliphatic rings. The summed E-state index contributed by atoms with van der Waals surface area (Å²) in [4.78, 5) is 36.1. The number of para-hydroxylation sites is 1. The predicted molar refractivity (Wildman–Crippen MR) is 119 cm³/mol. The fourth-order valence-corrected chi connectivity index (χ4v) is 4.63. The van der Waals surface area contributed by atoms with Crippen molar-refractivity contribution in [2.24, 2.45) is 0 Å². The second-order valence-corrected chi connectivity index (χ2v) is 8.30. The molecule has 32 heavy (non-hydrogen) atoms. The van der Waals surface area contributed by atoms with E-state index in [4.69, 9.17) is 4.74 Å². The number of anilines is 1. The van der Waals surface area contributed by atoms with Gasteiger partial charge in [-0.3, -0.25) is 19.6 Å². The number of ether oxygens (including phenoxy) is 1. The summed E-state index contributed by atoms with van der Waals surface area (Å²) in [5, 5.41) is 2.97. The number of nitrogens with one attached hydrogen (secondary N) is 1. The van der Waals surface area contributed by atoms with Gasteiger partial charge in [-0.25, -0.2) is 0 Å². The van der Waals surface area contributed by atoms with Crippen molar-refractivity contribution >= 4 is 17.5 Å². The minimum Gasteiger partial charge on any atom is -0.367 e. The van der Waals surface area contributed by atoms with Crippen molar-refractivity contribution in [2.75, 3.05) is 24.6 Å². The highest BCUT2D eigenvalue weighted by molar-refractivity contribution is 6.07. The van der Waals surface area contributed by atoms with Crippen molar-refractivity contribution in [3.05, 3.63) is 90.0 Å². The van der Waals surface area contributed by atoms with Gasteiger partial charge in [-0.1, -0.05) is 24.3 Å². The van der Waals surface area contributed by atoms with Crippen LogP contribution in [0, 0.1) is 0 Å². The van der Waals surface area contributed by atoms with Crippen molar-refractivity contribution in [3.8, 4) is 0 Å². The summed E-state index contributed by atoms with van der Waals surface area (Å²) in [6, 6.07) is 17.2. The highest BCUT2D eigenvalue weighted by Crippen LogP contribution is 2.47. The minimum atomic E-state index is -0.541. The van der Waals surface area contributed by atoms with Crippen LogP contribution in [-0.4, -0.2) is 47.6 Å². The van der Waals surface area contributed by atoms with Crippen LogP contribution in [0.25, 0.3) is 0 Å². The molecule has 1 saturated heterocycles. The number of rotatable bonds is 5. The van der Waals surface area contributed by atoms with Crippen LogP contribution in [0.4, 0.5) is 5.69 Å². The molecule has 0 radical (unpaired) electrons. The van der Waals surface area contributed by atoms with Crippen LogP contribution in [0.5, 0.6) is 0 Å². The first kappa shape index (κ1) is 20.3. The zero-order valence-electron chi connectivity index (χ0n) is 17.6. The normalized spacial score (nSPS) is 21.5. The molecule has 1 spiro atoms. The number of fused-ring (bicyclic) bond motifs is 2. The molecule has 5 rings (SSSR count). The molecule has 1 aromatic carbocycles. The fraction of sp³-hybridized carbons (Fsp3) is 0.280. The number of amides is 2. The van der Waals surface area contributed by atoms with Gasteiger partial charge < -0.3 is 15.0 Å². The van der Waals surface area contributed by atoms with Crippen LogP contribution < -0.4 is 10.2 Å². The molecule has 3 aromatic rings. The zero-order valence-corrected chi connectivity index (χ0v) is 17.6. The first-order chi connectivity index (χ1) is 15.7. The highest BCUT2D eigenvalue weighted by atomic mass is 16.5. The Hall–Kier alpha value is -3.58. The van der Waals surface area contributed by atoms with Crippen molar-refractivity contribution in [1.29, 1.82) is 0 Å². The Balaban J connectivity index is 1.29. The van der Waals surface area contributed by atoms with Gasteiger partial charge in [-0.05, 0) is 42.3 Å². The lowest BCUT2D eigenvalue weighted by molar-refractivity contribution is -0.130. The smallest absolute Gasteiger partial charge is 0.259 e. The first-order valence-electron chi connectivity index (χ1n) is 10.8. The van der Waals surface area contributed by atoms with Gasteiger partial charge in [0.25, 0.3) is 5.91 Å². The summed E-state index contributed by atoms with van der Waals surface area (Å²) in [5.74, 6) is -0.210. The fourth-order valence-electron chi connectivity index (χ4n) is 4.63. The van der Waals surface area contributed by atoms with Gasteiger partial charge in [0.05, 0.1) is 12.2 Å². The van der Waals surface area contributed by atoms with E-state index in [0.29, 0.717) is 38.1 Å². The zero-order chi connectivity index (χ0) is 22.0. The Labute approximate surface area is 186 Å². The number of carbonyl (C=O) groups excluding carboxylic acids is 2. The molecule has 0 unspecified atom stereocenters. The topological polar surface area (TPSA) is 84.4 Å². The molecule has 162 valence electrons. The summed E-state index contributed by atoms with van der Waals surface area (Å²) in [6.45, 7) is 1.39. The van der Waals surface area contributed by atoms with E-state index in [2.05, 4.69) is 15.3 Å². The van der Waals surface area contributed by atoms with E-state index in [0.717, 1.165) is 16.9 Å². The summed E-state index contributed by atoms with van der Waals surface area (Å²) in [7, 11) is 0. The average molecular weight is 428 g/mol. The molecule has 1 fully saturated rings. The van der Waals surface area contributed by atoms with E-state index in [1.54, 1.807) is 35.6 Å². The quantitative estimate of drug-likeness (QED) is 0.675. The number of nitrogens with zero attached hydrogens (tertiary/aromatic N) is 3. The molecule has 2 aromatic heterocycles. The van der Waals surface area contributed by atoms with E-state index in [1.165, 1.54) is 0 Å². The Morgan fingerprint density at radius 2 is 1.97 bits per heavy atom. The average Bonchev–Trinajstić information content (AvgIpc) is 3.42. The lowest BCUT2D eigenvalue weighted by atomic mass is 9.80. The third-order valence-electron chi connectivity index (χ3n) is 6.22. The molecule has 0 bridgehead atoms. The van der Waals surface area contributed by atoms with Gasteiger partial charge >= 0.3 is 0 Å². The molecule has 7 heteroatoms. The summed E-state index contributed by atoms with van der Waals surface area (Å²) < 4.78 is 5.97. The lowest BCUT2D eigenvalue weighted by Gasteiger charge is -2.23. The first-order valence-corrected chi connectivity index (χ1v) is 10.8. The highest BCUT2D eigenvalue weighted by Gasteiger charge is 2.51. The number of carbonyl (C=O) groups is 2. The molecule has 4 heterocycles. The third kappa shape index (κ3) is 3.76. The number of benzene rings is 1. The van der Waals surface area contributed by atoms with Crippen LogP contribution >= 0.6 is 0 Å². The van der Waals surface area contributed by atoms with Crippen molar-refractivity contribution in [3.63, 3.8) is 0 Å². The van der Waals surface area contributed by atoms with Gasteiger partial charge in [0.1, 0.15) is 6.10 Å². The minimum absolute atomic E-state index is 0.0920. The van der Waals surface area contributed by atoms with E-state index in [-0.39, 0.29) is 11.8 Å². The molecule has 2 atom stereocenters. The molecule has 0 aliphatic carbocycles. The van der Waals surface area contributed by atoms with Crippen LogP contribution in [-0.2, 0) is 21.4 Å². The van der Waals surface area contributed by atoms with E-state index in [1.807, 2.05) is 42.5 Å². The number of pyridine rings is 2. The second-order valence-electron chi connectivity index (χ2n) is 8.30. The van der Waals surface area contributed by atoms with Crippen LogP contribution in [0.15, 0.2) is 73.2 Å². The van der Waals surface area contributed by atoms with E-state index < -0.39 is 11.5 Å². The SMILES string of the molecule is O=C(NCCc1ccccn1)[C@H]1C[C@@]2(CO1)CN(C(=O)c1cccnc1)c1ccccc12. The molecular weight excluding hydrogens is 404 g/mol. The third-order valence-corrected chi connectivity index (χ3v) is 6.22. The predicted octanol–water partition coefficient (Wildman–Crippen LogP) is 2.52. The monoisotopic (exact) mass is 428 g/mol. The Kier molecular flexibility index (Phi) is 5.41. The summed E-state index contributed by atoms with van der Waals surface area (Å²) in [5.41, 5.74) is 3.02. The van der Waals surface area contributed by atoms with E-state index >= 15 is 0 Å². The maximum Gasteiger partial charge on any atom is 0.259 e. The number of hydrogen-bond acceptors (Lipinski definition) is 5. The Bertz CT molecular complexity index is 1120. The molecule has 2 amide bonds. The van der Waals surface area contributed by atoms with Gasteiger partial charge in [0.2, 0.25) is 5.91 Å². The van der Waals surface area contributed by atoms with Gasteiger partial charge in [-0.2, -0.15) is 0 Å². The van der Waals surface area contributed by atoms with Gasteiger partial charge in [-0.15, -0.1) is 0 Å². The molecule has 2 aliphatic heterocycles. The van der Waals surface area contributed by atoms with Gasteiger partial charge in [0, 0.05) is 54.9 Å². The van der Waals surface area contributed by atoms with Crippen molar-refractivity contribution < 1.29 is 14.3 Å². The van der Waals surface area contributed by atoms with Crippen LogP contribution in [0.1, 0.15) is 28.0 Å². The van der Waals surface area contributed by atoms with Gasteiger partial charge in [0.15, 0.2) is 0 Å². The standard InChI is InChI=1S/C25H24N4O3/c30-23(28-13-10-19-7-3-4-12-27-19)22-14-25(17-32-22)16-29(21-9-2-1-8-20(21)25)24(31)18-6-5-11-26-15-18/h1-9,11-12,15,22H,10,13-14,16-17H2,(H,28,30)/t22-,25+/m1/s1. The maximum absolute atomic E-state index is 13.2. The van der Waals surface area contributed by atoms with Crippen LogP contribution in [0.2, 0.25) is 0 Å². The largest absolute Gasteiger partial charge is 0.367 e. The number of hydrogen-bond donors (Lipinski definition) is 1. The number of aromatic nitrogens is 2. The van der Waals surface area contributed by atoms with Crippen LogP contribution in [0.3, 0.4) is 0 Å². The Morgan fingerprint density at radius 1 is 1.09 bits per heavy atom. The molecule has 7 nitrogen and oxygen atoms in total. The Morgan fingerprint density at radius 3 is 2.78 bits per heavy atom.